The number of unbranched alkanes of at least 4 members (excludes halogenated alkanes) is 2. The van der Waals surface area contributed by atoms with Crippen molar-refractivity contribution in [1.29, 1.82) is 0 Å². The molecule has 0 heterocycles. The molecule has 0 amide bonds. The van der Waals surface area contributed by atoms with E-state index in [0.717, 1.165) is 25.8 Å². The van der Waals surface area contributed by atoms with Crippen LogP contribution in [0.25, 0.3) is 0 Å². The fraction of sp³-hybridized carbons (Fsp3) is 0.842. The monoisotopic (exact) mass is 340 g/mol. The van der Waals surface area contributed by atoms with Gasteiger partial charge in [-0.05, 0) is 45.2 Å². The highest BCUT2D eigenvalue weighted by Crippen LogP contribution is 2.24. The standard InChI is InChI=1S/C19H36N2O3/c1-5-9-10-11-21-16-12-14(19(22)23-8-4)13-17(18(16)20)24-15(6-2)7-3/h13,15-18,21H,5-12,20H2,1-4H3/t16-,17+,18+/m0/s1. The van der Waals surface area contributed by atoms with Crippen LogP contribution in [0.4, 0.5) is 0 Å². The molecule has 3 N–H and O–H groups in total. The first-order valence-electron chi connectivity index (χ1n) is 9.59. The Hall–Kier alpha value is -0.910. The van der Waals surface area contributed by atoms with Gasteiger partial charge in [-0.3, -0.25) is 0 Å². The van der Waals surface area contributed by atoms with Crippen LogP contribution in [0, 0.1) is 0 Å². The Morgan fingerprint density at radius 2 is 2.00 bits per heavy atom. The van der Waals surface area contributed by atoms with Gasteiger partial charge in [0.15, 0.2) is 0 Å². The van der Waals surface area contributed by atoms with Gasteiger partial charge in [0.1, 0.15) is 0 Å². The minimum absolute atomic E-state index is 0.0469. The van der Waals surface area contributed by atoms with Gasteiger partial charge in [0, 0.05) is 11.6 Å². The number of esters is 1. The SMILES string of the molecule is CCCCCN[C@H]1CC(C(=O)OCC)=C[C@@H](OC(CC)CC)[C@@H]1N. The molecule has 0 spiro atoms. The van der Waals surface area contributed by atoms with Crippen LogP contribution in [0.1, 0.15) is 66.2 Å². The smallest absolute Gasteiger partial charge is 0.333 e. The molecule has 0 unspecified atom stereocenters. The van der Waals surface area contributed by atoms with Crippen LogP contribution in [-0.2, 0) is 14.3 Å². The van der Waals surface area contributed by atoms with E-state index in [2.05, 4.69) is 26.1 Å². The summed E-state index contributed by atoms with van der Waals surface area (Å²) in [4.78, 5) is 12.2. The molecule has 1 rings (SSSR count). The molecule has 1 aliphatic carbocycles. The normalized spacial score (nSPS) is 24.1. The van der Waals surface area contributed by atoms with Gasteiger partial charge in [-0.25, -0.2) is 4.79 Å². The summed E-state index contributed by atoms with van der Waals surface area (Å²) in [5.41, 5.74) is 7.13. The van der Waals surface area contributed by atoms with Crippen molar-refractivity contribution < 1.29 is 14.3 Å². The van der Waals surface area contributed by atoms with E-state index in [1.807, 2.05) is 13.0 Å². The molecule has 3 atom stereocenters. The van der Waals surface area contributed by atoms with Crippen molar-refractivity contribution in [3.8, 4) is 0 Å². The molecule has 1 aliphatic rings. The summed E-state index contributed by atoms with van der Waals surface area (Å²) in [5.74, 6) is -0.247. The van der Waals surface area contributed by atoms with Gasteiger partial charge in [0.25, 0.3) is 0 Å². The fourth-order valence-electron chi connectivity index (χ4n) is 3.06. The topological polar surface area (TPSA) is 73.6 Å². The van der Waals surface area contributed by atoms with Crippen LogP contribution in [0.2, 0.25) is 0 Å². The summed E-state index contributed by atoms with van der Waals surface area (Å²) in [6, 6.07) is -0.101. The molecule has 0 bridgehead atoms. The van der Waals surface area contributed by atoms with Gasteiger partial charge in [-0.1, -0.05) is 33.6 Å². The highest BCUT2D eigenvalue weighted by Gasteiger charge is 2.34. The van der Waals surface area contributed by atoms with E-state index < -0.39 is 0 Å². The van der Waals surface area contributed by atoms with Crippen LogP contribution in [0.15, 0.2) is 11.6 Å². The number of carbonyl (C=O) groups is 1. The van der Waals surface area contributed by atoms with Crippen molar-refractivity contribution in [1.82, 2.24) is 5.32 Å². The molecule has 0 saturated carbocycles. The predicted octanol–water partition coefficient (Wildman–Crippen LogP) is 2.93. The van der Waals surface area contributed by atoms with E-state index in [0.29, 0.717) is 18.6 Å². The first-order chi connectivity index (χ1) is 11.6. The first kappa shape index (κ1) is 21.1. The lowest BCUT2D eigenvalue weighted by Gasteiger charge is -2.36. The number of nitrogens with two attached hydrogens (primary N) is 1. The maximum Gasteiger partial charge on any atom is 0.333 e. The number of hydrogen-bond acceptors (Lipinski definition) is 5. The van der Waals surface area contributed by atoms with Crippen LogP contribution >= 0.6 is 0 Å². The molecule has 0 saturated heterocycles. The maximum atomic E-state index is 12.2. The second-order valence-corrected chi connectivity index (χ2v) is 6.50. The molecule has 0 radical (unpaired) electrons. The largest absolute Gasteiger partial charge is 0.463 e. The third-order valence-corrected chi connectivity index (χ3v) is 4.63. The number of rotatable bonds is 11. The lowest BCUT2D eigenvalue weighted by atomic mass is 9.88. The number of nitrogens with one attached hydrogen (secondary N) is 1. The molecule has 0 aromatic carbocycles. The van der Waals surface area contributed by atoms with E-state index in [-0.39, 0.29) is 30.3 Å². The number of ether oxygens (including phenoxy) is 2. The highest BCUT2D eigenvalue weighted by atomic mass is 16.5. The van der Waals surface area contributed by atoms with Crippen LogP contribution in [0.3, 0.4) is 0 Å². The average Bonchev–Trinajstić information content (AvgIpc) is 2.59. The average molecular weight is 341 g/mol. The lowest BCUT2D eigenvalue weighted by Crippen LogP contribution is -2.55. The van der Waals surface area contributed by atoms with Crippen LogP contribution in [-0.4, -0.2) is 43.4 Å². The van der Waals surface area contributed by atoms with E-state index in [9.17, 15) is 4.79 Å². The van der Waals surface area contributed by atoms with Gasteiger partial charge < -0.3 is 20.5 Å². The summed E-state index contributed by atoms with van der Waals surface area (Å²) in [6.07, 6.45) is 7.80. The summed E-state index contributed by atoms with van der Waals surface area (Å²) >= 11 is 0. The van der Waals surface area contributed by atoms with Gasteiger partial charge in [0.05, 0.1) is 24.9 Å². The van der Waals surface area contributed by atoms with Gasteiger partial charge >= 0.3 is 5.97 Å². The van der Waals surface area contributed by atoms with Crippen molar-refractivity contribution in [2.24, 2.45) is 5.73 Å². The maximum absolute atomic E-state index is 12.2. The summed E-state index contributed by atoms with van der Waals surface area (Å²) in [6.45, 7) is 9.53. The molecule has 5 heteroatoms. The zero-order chi connectivity index (χ0) is 17.9. The zero-order valence-corrected chi connectivity index (χ0v) is 15.8. The number of carbonyl (C=O) groups excluding carboxylic acids is 1. The molecule has 140 valence electrons. The number of hydrogen-bond donors (Lipinski definition) is 2. The van der Waals surface area contributed by atoms with Gasteiger partial charge in [-0.15, -0.1) is 0 Å². The Morgan fingerprint density at radius 1 is 1.29 bits per heavy atom. The zero-order valence-electron chi connectivity index (χ0n) is 15.8. The molecule has 0 aromatic rings. The van der Waals surface area contributed by atoms with Gasteiger partial charge in [-0.2, -0.15) is 0 Å². The molecular formula is C19H36N2O3. The van der Waals surface area contributed by atoms with E-state index >= 15 is 0 Å². The minimum atomic E-state index is -0.247. The minimum Gasteiger partial charge on any atom is -0.463 e. The van der Waals surface area contributed by atoms with Crippen molar-refractivity contribution in [2.75, 3.05) is 13.2 Å². The fourth-order valence-corrected chi connectivity index (χ4v) is 3.06. The third kappa shape index (κ3) is 6.54. The van der Waals surface area contributed by atoms with Crippen molar-refractivity contribution >= 4 is 5.97 Å². The highest BCUT2D eigenvalue weighted by molar-refractivity contribution is 5.89. The van der Waals surface area contributed by atoms with Crippen molar-refractivity contribution in [3.05, 3.63) is 11.6 Å². The molecule has 24 heavy (non-hydrogen) atoms. The van der Waals surface area contributed by atoms with E-state index in [1.165, 1.54) is 12.8 Å². The van der Waals surface area contributed by atoms with Crippen molar-refractivity contribution in [2.45, 2.75) is 90.5 Å². The Morgan fingerprint density at radius 3 is 2.58 bits per heavy atom. The summed E-state index contributed by atoms with van der Waals surface area (Å²) in [5, 5.41) is 3.52. The van der Waals surface area contributed by atoms with Crippen molar-refractivity contribution in [3.63, 3.8) is 0 Å². The predicted molar refractivity (Wildman–Crippen MR) is 97.9 cm³/mol. The van der Waals surface area contributed by atoms with E-state index in [1.54, 1.807) is 0 Å². The third-order valence-electron chi connectivity index (χ3n) is 4.63. The quantitative estimate of drug-likeness (QED) is 0.447. The Balaban J connectivity index is 2.80. The molecular weight excluding hydrogens is 304 g/mol. The van der Waals surface area contributed by atoms with E-state index in [4.69, 9.17) is 15.2 Å². The molecule has 0 aromatic heterocycles. The second-order valence-electron chi connectivity index (χ2n) is 6.50. The Bertz CT molecular complexity index is 394. The molecule has 0 aliphatic heterocycles. The summed E-state index contributed by atoms with van der Waals surface area (Å²) in [7, 11) is 0. The molecule has 5 nitrogen and oxygen atoms in total. The van der Waals surface area contributed by atoms with Crippen LogP contribution < -0.4 is 11.1 Å². The Labute approximate surface area is 147 Å². The van der Waals surface area contributed by atoms with Crippen LogP contribution in [0.5, 0.6) is 0 Å². The Kier molecular flexibility index (Phi) is 10.2. The second kappa shape index (κ2) is 11.6. The lowest BCUT2D eigenvalue weighted by molar-refractivity contribution is -0.139. The molecule has 0 fully saturated rings. The van der Waals surface area contributed by atoms with Gasteiger partial charge in [0.2, 0.25) is 0 Å². The first-order valence-corrected chi connectivity index (χ1v) is 9.59. The summed E-state index contributed by atoms with van der Waals surface area (Å²) < 4.78 is 11.4.